The monoisotopic (exact) mass is 298 g/mol. The molecule has 108 valence electrons. The van der Waals surface area contributed by atoms with E-state index in [4.69, 9.17) is 5.73 Å². The number of aryl methyl sites for hydroxylation is 2. The molecule has 3 aromatic rings. The Hall–Kier alpha value is -2.14. The van der Waals surface area contributed by atoms with Crippen molar-refractivity contribution in [2.75, 3.05) is 11.1 Å². The maximum atomic E-state index is 6.27. The summed E-state index contributed by atoms with van der Waals surface area (Å²) < 4.78 is 0. The highest BCUT2D eigenvalue weighted by Gasteiger charge is 2.14. The van der Waals surface area contributed by atoms with Gasteiger partial charge in [-0.05, 0) is 45.0 Å². The van der Waals surface area contributed by atoms with Crippen LogP contribution in [0.25, 0.3) is 10.9 Å². The molecule has 0 fully saturated rings. The third-order valence-electron chi connectivity index (χ3n) is 3.53. The van der Waals surface area contributed by atoms with Gasteiger partial charge in [0.15, 0.2) is 0 Å². The van der Waals surface area contributed by atoms with Crippen LogP contribution in [0, 0.1) is 13.8 Å². The van der Waals surface area contributed by atoms with Crippen molar-refractivity contribution in [2.45, 2.75) is 26.8 Å². The predicted octanol–water partition coefficient (Wildman–Crippen LogP) is 4.06. The van der Waals surface area contributed by atoms with Crippen molar-refractivity contribution in [3.8, 4) is 0 Å². The molecule has 0 aliphatic carbocycles. The van der Waals surface area contributed by atoms with E-state index in [1.54, 1.807) is 17.5 Å². The van der Waals surface area contributed by atoms with E-state index in [1.807, 2.05) is 38.1 Å². The van der Waals surface area contributed by atoms with Gasteiger partial charge in [0.2, 0.25) is 0 Å². The van der Waals surface area contributed by atoms with Gasteiger partial charge in [0.1, 0.15) is 0 Å². The van der Waals surface area contributed by atoms with Crippen molar-refractivity contribution in [1.29, 1.82) is 0 Å². The van der Waals surface area contributed by atoms with E-state index in [0.29, 0.717) is 0 Å². The number of hydrogen-bond acceptors (Lipinski definition) is 5. The molecule has 21 heavy (non-hydrogen) atoms. The fraction of sp³-hybridized carbons (Fsp3) is 0.250. The molecule has 0 saturated carbocycles. The second kappa shape index (κ2) is 5.33. The molecule has 1 atom stereocenters. The Morgan fingerprint density at radius 1 is 1.24 bits per heavy atom. The number of thiazole rings is 1. The molecule has 0 aliphatic rings. The maximum Gasteiger partial charge on any atom is 0.0900 e. The van der Waals surface area contributed by atoms with Crippen molar-refractivity contribution >= 4 is 33.6 Å². The first-order chi connectivity index (χ1) is 10.1. The Morgan fingerprint density at radius 2 is 2.05 bits per heavy atom. The molecule has 0 aliphatic heterocycles. The predicted molar refractivity (Wildman–Crippen MR) is 89.8 cm³/mol. The molecular formula is C16H18N4S. The smallest absolute Gasteiger partial charge is 0.0900 e. The molecule has 3 rings (SSSR count). The molecule has 0 amide bonds. The Labute approximate surface area is 128 Å². The van der Waals surface area contributed by atoms with Crippen LogP contribution in [0.15, 0.2) is 30.5 Å². The summed E-state index contributed by atoms with van der Waals surface area (Å²) in [6.07, 6.45) is 1.78. The van der Waals surface area contributed by atoms with Crippen LogP contribution < -0.4 is 11.1 Å². The summed E-state index contributed by atoms with van der Waals surface area (Å²) in [7, 11) is 0. The molecule has 0 radical (unpaired) electrons. The maximum absolute atomic E-state index is 6.27. The highest BCUT2D eigenvalue weighted by molar-refractivity contribution is 7.11. The van der Waals surface area contributed by atoms with Crippen LogP contribution in [0.4, 0.5) is 11.4 Å². The van der Waals surface area contributed by atoms with E-state index in [-0.39, 0.29) is 6.04 Å². The first kappa shape index (κ1) is 13.8. The lowest BCUT2D eigenvalue weighted by atomic mass is 10.1. The summed E-state index contributed by atoms with van der Waals surface area (Å²) in [6, 6.07) is 8.06. The summed E-state index contributed by atoms with van der Waals surface area (Å²) in [6.45, 7) is 6.21. The normalized spacial score (nSPS) is 12.5. The Balaban J connectivity index is 1.94. The van der Waals surface area contributed by atoms with E-state index >= 15 is 0 Å². The first-order valence-corrected chi connectivity index (χ1v) is 7.71. The Kier molecular flexibility index (Phi) is 3.51. The van der Waals surface area contributed by atoms with Gasteiger partial charge >= 0.3 is 0 Å². The van der Waals surface area contributed by atoms with Crippen molar-refractivity contribution in [3.63, 3.8) is 0 Å². The van der Waals surface area contributed by atoms with Gasteiger partial charge in [-0.15, -0.1) is 11.3 Å². The fourth-order valence-electron chi connectivity index (χ4n) is 2.55. The topological polar surface area (TPSA) is 63.8 Å². The number of nitrogens with zero attached hydrogens (tertiary/aromatic N) is 2. The van der Waals surface area contributed by atoms with Gasteiger partial charge in [-0.2, -0.15) is 0 Å². The summed E-state index contributed by atoms with van der Waals surface area (Å²) in [5, 5.41) is 5.56. The highest BCUT2D eigenvalue weighted by Crippen LogP contribution is 2.32. The quantitative estimate of drug-likeness (QED) is 0.716. The number of hydrogen-bond donors (Lipinski definition) is 2. The molecule has 0 bridgehead atoms. The largest absolute Gasteiger partial charge is 0.397 e. The van der Waals surface area contributed by atoms with Gasteiger partial charge in [0.05, 0.1) is 33.6 Å². The highest BCUT2D eigenvalue weighted by atomic mass is 32.1. The Morgan fingerprint density at radius 3 is 2.76 bits per heavy atom. The average molecular weight is 298 g/mol. The number of nitrogens with two attached hydrogens (primary N) is 1. The summed E-state index contributed by atoms with van der Waals surface area (Å²) in [4.78, 5) is 10.1. The van der Waals surface area contributed by atoms with Crippen LogP contribution in [-0.4, -0.2) is 9.97 Å². The molecule has 1 unspecified atom stereocenters. The summed E-state index contributed by atoms with van der Waals surface area (Å²) >= 11 is 1.72. The molecule has 2 heterocycles. The van der Waals surface area contributed by atoms with E-state index in [0.717, 1.165) is 33.0 Å². The third kappa shape index (κ3) is 2.56. The second-order valence-corrected chi connectivity index (χ2v) is 6.38. The lowest BCUT2D eigenvalue weighted by molar-refractivity contribution is 0.891. The van der Waals surface area contributed by atoms with E-state index in [9.17, 15) is 0 Å². The van der Waals surface area contributed by atoms with Crippen molar-refractivity contribution in [1.82, 2.24) is 9.97 Å². The molecular weight excluding hydrogens is 280 g/mol. The molecule has 5 heteroatoms. The standard InChI is InChI=1S/C16H18N4S/c1-9-16(21-11(3)19-9)10(2)20-14-7-6-13-12(15(14)17)5-4-8-18-13/h4-8,10,20H,17H2,1-3H3. The van der Waals surface area contributed by atoms with Crippen LogP contribution in [0.5, 0.6) is 0 Å². The van der Waals surface area contributed by atoms with Crippen molar-refractivity contribution in [2.24, 2.45) is 0 Å². The van der Waals surface area contributed by atoms with Crippen LogP contribution in [0.1, 0.15) is 28.5 Å². The van der Waals surface area contributed by atoms with Gasteiger partial charge in [-0.3, -0.25) is 4.98 Å². The van der Waals surface area contributed by atoms with Crippen molar-refractivity contribution in [3.05, 3.63) is 46.0 Å². The lowest BCUT2D eigenvalue weighted by Gasteiger charge is -2.17. The number of aromatic nitrogens is 2. The van der Waals surface area contributed by atoms with Gasteiger partial charge in [-0.1, -0.05) is 0 Å². The summed E-state index contributed by atoms with van der Waals surface area (Å²) in [5.74, 6) is 0. The second-order valence-electron chi connectivity index (χ2n) is 5.15. The Bertz CT molecular complexity index is 794. The number of anilines is 2. The number of fused-ring (bicyclic) bond motifs is 1. The molecule has 4 nitrogen and oxygen atoms in total. The molecule has 0 saturated heterocycles. The zero-order valence-electron chi connectivity index (χ0n) is 12.3. The molecule has 1 aromatic carbocycles. The average Bonchev–Trinajstić information content (AvgIpc) is 2.81. The van der Waals surface area contributed by atoms with Gasteiger partial charge in [0.25, 0.3) is 0 Å². The van der Waals surface area contributed by atoms with E-state index in [2.05, 4.69) is 22.2 Å². The summed E-state index contributed by atoms with van der Waals surface area (Å²) in [5.41, 5.74) is 9.95. The number of rotatable bonds is 3. The third-order valence-corrected chi connectivity index (χ3v) is 4.79. The molecule has 2 aromatic heterocycles. The lowest BCUT2D eigenvalue weighted by Crippen LogP contribution is -2.08. The minimum atomic E-state index is 0.174. The van der Waals surface area contributed by atoms with E-state index in [1.165, 1.54) is 4.88 Å². The van der Waals surface area contributed by atoms with Crippen LogP contribution in [-0.2, 0) is 0 Å². The number of nitrogens with one attached hydrogen (secondary N) is 1. The zero-order valence-corrected chi connectivity index (χ0v) is 13.2. The van der Waals surface area contributed by atoms with Crippen molar-refractivity contribution < 1.29 is 0 Å². The SMILES string of the molecule is Cc1nc(C)c(C(C)Nc2ccc3ncccc3c2N)s1. The van der Waals surface area contributed by atoms with Gasteiger partial charge in [0, 0.05) is 16.5 Å². The number of benzene rings is 1. The zero-order chi connectivity index (χ0) is 15.0. The first-order valence-electron chi connectivity index (χ1n) is 6.90. The van der Waals surface area contributed by atoms with Crippen LogP contribution in [0.2, 0.25) is 0 Å². The number of nitrogen functional groups attached to an aromatic ring is 1. The molecule has 3 N–H and O–H groups in total. The van der Waals surface area contributed by atoms with Gasteiger partial charge < -0.3 is 11.1 Å². The molecule has 0 spiro atoms. The van der Waals surface area contributed by atoms with E-state index < -0.39 is 0 Å². The van der Waals surface area contributed by atoms with Crippen LogP contribution in [0.3, 0.4) is 0 Å². The van der Waals surface area contributed by atoms with Gasteiger partial charge in [-0.25, -0.2) is 4.98 Å². The minimum Gasteiger partial charge on any atom is -0.397 e. The van der Waals surface area contributed by atoms with Crippen LogP contribution >= 0.6 is 11.3 Å². The number of pyridine rings is 1. The fourth-order valence-corrected chi connectivity index (χ4v) is 3.48. The minimum absolute atomic E-state index is 0.174.